The number of aryl methyl sites for hydroxylation is 1. The van der Waals surface area contributed by atoms with Gasteiger partial charge in [0.2, 0.25) is 0 Å². The Morgan fingerprint density at radius 1 is 1.05 bits per heavy atom. The molecule has 3 aromatic rings. The zero-order chi connectivity index (χ0) is 15.4. The van der Waals surface area contributed by atoms with Crippen LogP contribution in [0.25, 0.3) is 10.9 Å². The smallest absolute Gasteiger partial charge is 0.328 e. The van der Waals surface area contributed by atoms with Gasteiger partial charge in [0, 0.05) is 25.5 Å². The molecule has 0 aliphatic heterocycles. The molecule has 2 heterocycles. The average Bonchev–Trinajstić information content (AvgIpc) is 3.03. The van der Waals surface area contributed by atoms with E-state index in [0.29, 0.717) is 17.4 Å². The van der Waals surface area contributed by atoms with Crippen LogP contribution in [0.3, 0.4) is 0 Å². The number of hydrogen-bond acceptors (Lipinski definition) is 3. The Hall–Kier alpha value is -2.63. The highest BCUT2D eigenvalue weighted by Crippen LogP contribution is 2.04. The van der Waals surface area contributed by atoms with Gasteiger partial charge < -0.3 is 9.55 Å². The lowest BCUT2D eigenvalue weighted by atomic mass is 10.2. The first-order chi connectivity index (χ1) is 10.8. The number of para-hydroxylation sites is 1. The summed E-state index contributed by atoms with van der Waals surface area (Å²) in [6, 6.07) is 7.09. The Balaban J connectivity index is 1.64. The number of aromatic amines is 1. The highest BCUT2D eigenvalue weighted by Gasteiger charge is 2.06. The molecule has 0 amide bonds. The summed E-state index contributed by atoms with van der Waals surface area (Å²) < 4.78 is 3.31. The molecular weight excluding hydrogens is 280 g/mol. The van der Waals surface area contributed by atoms with Crippen molar-refractivity contribution < 1.29 is 0 Å². The number of H-pyrrole nitrogens is 1. The van der Waals surface area contributed by atoms with E-state index < -0.39 is 0 Å². The molecule has 1 N–H and O–H groups in total. The maximum absolute atomic E-state index is 12.3. The van der Waals surface area contributed by atoms with Gasteiger partial charge >= 0.3 is 5.69 Å². The van der Waals surface area contributed by atoms with Gasteiger partial charge in [-0.15, -0.1) is 0 Å². The van der Waals surface area contributed by atoms with Gasteiger partial charge in [-0.1, -0.05) is 12.1 Å². The van der Waals surface area contributed by atoms with Gasteiger partial charge in [0.25, 0.3) is 5.56 Å². The second-order valence-corrected chi connectivity index (χ2v) is 5.29. The Morgan fingerprint density at radius 3 is 2.68 bits per heavy atom. The summed E-state index contributed by atoms with van der Waals surface area (Å²) in [6.45, 7) is 1.35. The zero-order valence-corrected chi connectivity index (χ0v) is 12.2. The minimum atomic E-state index is -0.335. The molecule has 6 heteroatoms. The van der Waals surface area contributed by atoms with E-state index in [0.717, 1.165) is 25.8 Å². The monoisotopic (exact) mass is 298 g/mol. The Labute approximate surface area is 127 Å². The van der Waals surface area contributed by atoms with E-state index in [1.165, 1.54) is 4.57 Å². The first kappa shape index (κ1) is 14.3. The normalized spacial score (nSPS) is 11.1. The Bertz CT molecular complexity index is 862. The van der Waals surface area contributed by atoms with Gasteiger partial charge in [-0.3, -0.25) is 9.36 Å². The van der Waals surface area contributed by atoms with E-state index >= 15 is 0 Å². The molecule has 1 aromatic carbocycles. The van der Waals surface area contributed by atoms with Crippen LogP contribution in [-0.4, -0.2) is 19.1 Å². The minimum absolute atomic E-state index is 0.214. The summed E-state index contributed by atoms with van der Waals surface area (Å²) in [5.41, 5.74) is 0.0427. The molecule has 0 saturated heterocycles. The van der Waals surface area contributed by atoms with Crippen LogP contribution < -0.4 is 11.2 Å². The van der Waals surface area contributed by atoms with Crippen molar-refractivity contribution in [2.75, 3.05) is 0 Å². The molecule has 3 rings (SSSR count). The number of unbranched alkanes of at least 4 members (excludes halogenated alkanes) is 2. The van der Waals surface area contributed by atoms with Crippen LogP contribution in [0.5, 0.6) is 0 Å². The lowest BCUT2D eigenvalue weighted by molar-refractivity contribution is 0.528. The van der Waals surface area contributed by atoms with Crippen LogP contribution >= 0.6 is 0 Å². The van der Waals surface area contributed by atoms with Crippen molar-refractivity contribution >= 4 is 10.9 Å². The van der Waals surface area contributed by atoms with Crippen molar-refractivity contribution in [2.45, 2.75) is 32.4 Å². The van der Waals surface area contributed by atoms with E-state index in [4.69, 9.17) is 0 Å². The van der Waals surface area contributed by atoms with Crippen molar-refractivity contribution in [1.82, 2.24) is 19.1 Å². The summed E-state index contributed by atoms with van der Waals surface area (Å²) in [4.78, 5) is 31.1. The first-order valence-electron chi connectivity index (χ1n) is 7.43. The van der Waals surface area contributed by atoms with E-state index in [1.54, 1.807) is 36.8 Å². The molecule has 0 unspecified atom stereocenters. The van der Waals surface area contributed by atoms with E-state index in [2.05, 4.69) is 9.97 Å². The highest BCUT2D eigenvalue weighted by molar-refractivity contribution is 5.76. The number of nitrogens with one attached hydrogen (secondary N) is 1. The molecular formula is C16H18N4O2. The van der Waals surface area contributed by atoms with Crippen LogP contribution in [0.1, 0.15) is 19.3 Å². The second kappa shape index (κ2) is 6.43. The van der Waals surface area contributed by atoms with Gasteiger partial charge in [-0.25, -0.2) is 9.78 Å². The summed E-state index contributed by atoms with van der Waals surface area (Å²) >= 11 is 0. The number of benzene rings is 1. The highest BCUT2D eigenvalue weighted by atomic mass is 16.2. The molecule has 22 heavy (non-hydrogen) atoms. The maximum Gasteiger partial charge on any atom is 0.328 e. The third-order valence-corrected chi connectivity index (χ3v) is 3.75. The topological polar surface area (TPSA) is 72.7 Å². The number of imidazole rings is 1. The second-order valence-electron chi connectivity index (χ2n) is 5.29. The summed E-state index contributed by atoms with van der Waals surface area (Å²) in [5.74, 6) is 0. The van der Waals surface area contributed by atoms with Gasteiger partial charge in [-0.05, 0) is 31.4 Å². The fourth-order valence-electron chi connectivity index (χ4n) is 2.56. The summed E-state index contributed by atoms with van der Waals surface area (Å²) in [7, 11) is 0. The van der Waals surface area contributed by atoms with E-state index in [1.807, 2.05) is 10.8 Å². The summed E-state index contributed by atoms with van der Waals surface area (Å²) in [6.07, 6.45) is 8.23. The number of rotatable bonds is 6. The molecule has 0 aliphatic rings. The van der Waals surface area contributed by atoms with Crippen LogP contribution in [0.15, 0.2) is 52.6 Å². The summed E-state index contributed by atoms with van der Waals surface area (Å²) in [5, 5.41) is 0.556. The third-order valence-electron chi connectivity index (χ3n) is 3.75. The molecule has 0 atom stereocenters. The Kier molecular flexibility index (Phi) is 4.18. The van der Waals surface area contributed by atoms with Crippen LogP contribution in [-0.2, 0) is 13.1 Å². The largest absolute Gasteiger partial charge is 0.337 e. The standard InChI is InChI=1S/C16H18N4O2/c21-15-13-6-2-3-7-14(13)18-16(22)20(15)10-5-1-4-9-19-11-8-17-12-19/h2-3,6-8,11-12H,1,4-5,9-10H2,(H,18,22). The van der Waals surface area contributed by atoms with Crippen molar-refractivity contribution in [3.8, 4) is 0 Å². The fourth-order valence-corrected chi connectivity index (χ4v) is 2.56. The predicted octanol–water partition coefficient (Wildman–Crippen LogP) is 1.76. The molecule has 114 valence electrons. The minimum Gasteiger partial charge on any atom is -0.337 e. The number of nitrogens with zero attached hydrogens (tertiary/aromatic N) is 3. The fraction of sp³-hybridized carbons (Fsp3) is 0.312. The first-order valence-corrected chi connectivity index (χ1v) is 7.43. The SMILES string of the molecule is O=c1[nH]c2ccccc2c(=O)n1CCCCCn1ccnc1. The molecule has 0 fully saturated rings. The Morgan fingerprint density at radius 2 is 1.86 bits per heavy atom. The van der Waals surface area contributed by atoms with Crippen molar-refractivity contribution in [3.05, 3.63) is 63.8 Å². The molecule has 0 aliphatic carbocycles. The molecule has 0 bridgehead atoms. The van der Waals surface area contributed by atoms with Gasteiger partial charge in [0.05, 0.1) is 17.2 Å². The van der Waals surface area contributed by atoms with Crippen LogP contribution in [0.2, 0.25) is 0 Å². The third kappa shape index (κ3) is 3.00. The number of hydrogen-bond donors (Lipinski definition) is 1. The lowest BCUT2D eigenvalue weighted by Gasteiger charge is -2.06. The van der Waals surface area contributed by atoms with Crippen LogP contribution in [0, 0.1) is 0 Å². The lowest BCUT2D eigenvalue weighted by Crippen LogP contribution is -2.35. The average molecular weight is 298 g/mol. The van der Waals surface area contributed by atoms with Gasteiger partial charge in [0.1, 0.15) is 0 Å². The van der Waals surface area contributed by atoms with E-state index in [9.17, 15) is 9.59 Å². The van der Waals surface area contributed by atoms with Crippen molar-refractivity contribution in [1.29, 1.82) is 0 Å². The molecule has 6 nitrogen and oxygen atoms in total. The van der Waals surface area contributed by atoms with Crippen molar-refractivity contribution in [2.24, 2.45) is 0 Å². The van der Waals surface area contributed by atoms with Crippen LogP contribution in [0.4, 0.5) is 0 Å². The van der Waals surface area contributed by atoms with Gasteiger partial charge in [0.15, 0.2) is 0 Å². The molecule has 0 radical (unpaired) electrons. The van der Waals surface area contributed by atoms with Crippen molar-refractivity contribution in [3.63, 3.8) is 0 Å². The maximum atomic E-state index is 12.3. The molecule has 0 spiro atoms. The van der Waals surface area contributed by atoms with E-state index in [-0.39, 0.29) is 11.2 Å². The van der Waals surface area contributed by atoms with Gasteiger partial charge in [-0.2, -0.15) is 0 Å². The number of aromatic nitrogens is 4. The number of fused-ring (bicyclic) bond motifs is 1. The molecule has 2 aromatic heterocycles. The predicted molar refractivity (Wildman–Crippen MR) is 84.9 cm³/mol. The zero-order valence-electron chi connectivity index (χ0n) is 12.2. The molecule has 0 saturated carbocycles. The quantitative estimate of drug-likeness (QED) is 0.705.